The third-order valence-corrected chi connectivity index (χ3v) is 4.65. The number of Topliss-reactive ketones (excluding diaryl/α,β-unsaturated/α-hetero) is 1. The molecule has 4 nitrogen and oxygen atoms in total. The molecule has 0 spiro atoms. The van der Waals surface area contributed by atoms with Crippen molar-refractivity contribution in [2.24, 2.45) is 0 Å². The minimum absolute atomic E-state index is 0.133. The van der Waals surface area contributed by atoms with Crippen molar-refractivity contribution in [3.05, 3.63) is 35.4 Å². The summed E-state index contributed by atoms with van der Waals surface area (Å²) in [6.45, 7) is 2.27. The third kappa shape index (κ3) is 2.85. The first-order valence-corrected chi connectivity index (χ1v) is 7.88. The van der Waals surface area contributed by atoms with Crippen molar-refractivity contribution in [1.82, 2.24) is 14.8 Å². The Balaban J connectivity index is 1.96. The van der Waals surface area contributed by atoms with Crippen LogP contribution in [0.15, 0.2) is 28.3 Å². The molecule has 0 atom stereocenters. The van der Waals surface area contributed by atoms with E-state index in [2.05, 4.69) is 14.8 Å². The van der Waals surface area contributed by atoms with Gasteiger partial charge in [-0.15, -0.1) is 10.2 Å². The van der Waals surface area contributed by atoms with E-state index >= 15 is 0 Å². The van der Waals surface area contributed by atoms with Gasteiger partial charge in [0.2, 0.25) is 0 Å². The third-order valence-electron chi connectivity index (χ3n) is 3.60. The quantitative estimate of drug-likeness (QED) is 0.814. The summed E-state index contributed by atoms with van der Waals surface area (Å²) in [7, 11) is 0. The van der Waals surface area contributed by atoms with Gasteiger partial charge in [-0.1, -0.05) is 12.5 Å². The Labute approximate surface area is 126 Å². The molecule has 0 radical (unpaired) electrons. The molecule has 2 aromatic rings. The van der Waals surface area contributed by atoms with E-state index in [1.54, 1.807) is 12.1 Å². The average molecular weight is 305 g/mol. The normalized spacial score (nSPS) is 14.6. The molecular weight excluding hydrogens is 289 g/mol. The minimum Gasteiger partial charge on any atom is -0.306 e. The highest BCUT2D eigenvalue weighted by molar-refractivity contribution is 7.99. The number of aryl methyl sites for hydroxylation is 1. The van der Waals surface area contributed by atoms with Gasteiger partial charge in [-0.05, 0) is 43.7 Å². The van der Waals surface area contributed by atoms with Crippen LogP contribution in [-0.2, 0) is 13.0 Å². The van der Waals surface area contributed by atoms with Gasteiger partial charge in [0, 0.05) is 17.9 Å². The van der Waals surface area contributed by atoms with E-state index in [9.17, 15) is 9.18 Å². The Kier molecular flexibility index (Phi) is 4.05. The number of nitrogens with zero attached hydrogens (tertiary/aromatic N) is 3. The summed E-state index contributed by atoms with van der Waals surface area (Å²) in [6.07, 6.45) is 4.34. The smallest absolute Gasteiger partial charge is 0.196 e. The summed E-state index contributed by atoms with van der Waals surface area (Å²) in [5, 5.41) is 9.17. The highest BCUT2D eigenvalue weighted by Crippen LogP contribution is 2.32. The van der Waals surface area contributed by atoms with E-state index in [1.165, 1.54) is 31.2 Å². The fourth-order valence-corrected chi connectivity index (χ4v) is 3.64. The van der Waals surface area contributed by atoms with Gasteiger partial charge in [0.05, 0.1) is 5.56 Å². The van der Waals surface area contributed by atoms with Gasteiger partial charge in [-0.3, -0.25) is 4.79 Å². The molecule has 2 heterocycles. The van der Waals surface area contributed by atoms with Crippen LogP contribution >= 0.6 is 11.8 Å². The van der Waals surface area contributed by atoms with Crippen molar-refractivity contribution in [2.75, 3.05) is 0 Å². The monoisotopic (exact) mass is 305 g/mol. The number of carbonyl (C=O) groups excluding carboxylic acids is 1. The molecule has 110 valence electrons. The predicted molar refractivity (Wildman–Crippen MR) is 78.1 cm³/mol. The number of hydrogen-bond donors (Lipinski definition) is 0. The van der Waals surface area contributed by atoms with Crippen molar-refractivity contribution >= 4 is 17.5 Å². The highest BCUT2D eigenvalue weighted by Gasteiger charge is 2.19. The van der Waals surface area contributed by atoms with Gasteiger partial charge in [0.25, 0.3) is 0 Å². The number of aromatic nitrogens is 3. The molecule has 0 saturated heterocycles. The Morgan fingerprint density at radius 1 is 1.29 bits per heavy atom. The van der Waals surface area contributed by atoms with Crippen LogP contribution in [0.25, 0.3) is 0 Å². The summed E-state index contributed by atoms with van der Waals surface area (Å²) in [6, 6.07) is 4.68. The van der Waals surface area contributed by atoms with E-state index < -0.39 is 5.82 Å². The van der Waals surface area contributed by atoms with E-state index in [0.29, 0.717) is 4.90 Å². The second kappa shape index (κ2) is 5.97. The summed E-state index contributed by atoms with van der Waals surface area (Å²) in [4.78, 5) is 12.3. The Morgan fingerprint density at radius 2 is 2.14 bits per heavy atom. The Morgan fingerprint density at radius 3 is 2.95 bits per heavy atom. The molecule has 6 heteroatoms. The number of benzene rings is 1. The van der Waals surface area contributed by atoms with Crippen molar-refractivity contribution in [3.8, 4) is 0 Å². The second-order valence-corrected chi connectivity index (χ2v) is 6.14. The summed E-state index contributed by atoms with van der Waals surface area (Å²) in [5.74, 6) is 0.227. The van der Waals surface area contributed by atoms with Crippen LogP contribution in [0, 0.1) is 5.82 Å². The Hall–Kier alpha value is -1.69. The van der Waals surface area contributed by atoms with Gasteiger partial charge < -0.3 is 4.57 Å². The number of ketones is 1. The number of rotatable bonds is 3. The molecule has 21 heavy (non-hydrogen) atoms. The standard InChI is InChI=1S/C15H16FN3OS/c1-10(20)14-11(16)6-5-7-12(14)21-15-18-17-13-8-3-2-4-9-19(13)15/h5-7H,2-4,8-9H2,1H3. The molecule has 0 saturated carbocycles. The number of fused-ring (bicyclic) bond motifs is 1. The maximum absolute atomic E-state index is 13.9. The number of halogens is 1. The zero-order valence-electron chi connectivity index (χ0n) is 11.8. The lowest BCUT2D eigenvalue weighted by molar-refractivity contribution is 0.101. The summed E-state index contributed by atoms with van der Waals surface area (Å²) < 4.78 is 15.9. The molecule has 1 aliphatic rings. The molecule has 1 aromatic heterocycles. The van der Waals surface area contributed by atoms with Crippen molar-refractivity contribution < 1.29 is 9.18 Å². The number of carbonyl (C=O) groups is 1. The average Bonchev–Trinajstić information content (AvgIpc) is 2.68. The highest BCUT2D eigenvalue weighted by atomic mass is 32.2. The van der Waals surface area contributed by atoms with Gasteiger partial charge in [-0.25, -0.2) is 4.39 Å². The predicted octanol–water partition coefficient (Wildman–Crippen LogP) is 3.50. The van der Waals surface area contributed by atoms with Crippen LogP contribution < -0.4 is 0 Å². The molecule has 3 rings (SSSR count). The maximum atomic E-state index is 13.9. The van der Waals surface area contributed by atoms with Crippen LogP contribution in [-0.4, -0.2) is 20.5 Å². The fraction of sp³-hybridized carbons (Fsp3) is 0.400. The molecule has 0 aliphatic carbocycles. The van der Waals surface area contributed by atoms with Crippen molar-refractivity contribution in [3.63, 3.8) is 0 Å². The molecule has 0 fully saturated rings. The van der Waals surface area contributed by atoms with Crippen LogP contribution in [0.3, 0.4) is 0 Å². The van der Waals surface area contributed by atoms with E-state index in [0.717, 1.165) is 36.8 Å². The zero-order valence-corrected chi connectivity index (χ0v) is 12.6. The second-order valence-electron chi connectivity index (χ2n) is 5.13. The van der Waals surface area contributed by atoms with E-state index in [-0.39, 0.29) is 11.3 Å². The first kappa shape index (κ1) is 14.3. The molecule has 0 unspecified atom stereocenters. The van der Waals surface area contributed by atoms with Crippen LogP contribution in [0.1, 0.15) is 42.4 Å². The molecular formula is C15H16FN3OS. The molecule has 1 aliphatic heterocycles. The Bertz CT molecular complexity index is 684. The topological polar surface area (TPSA) is 47.8 Å². The van der Waals surface area contributed by atoms with Gasteiger partial charge >= 0.3 is 0 Å². The lowest BCUT2D eigenvalue weighted by atomic mass is 10.1. The SMILES string of the molecule is CC(=O)c1c(F)cccc1Sc1nnc2n1CCCCC2. The minimum atomic E-state index is -0.483. The lowest BCUT2D eigenvalue weighted by Crippen LogP contribution is -2.04. The van der Waals surface area contributed by atoms with Crippen LogP contribution in [0.5, 0.6) is 0 Å². The lowest BCUT2D eigenvalue weighted by Gasteiger charge is -2.09. The van der Waals surface area contributed by atoms with Gasteiger partial charge in [0.15, 0.2) is 10.9 Å². The van der Waals surface area contributed by atoms with Crippen molar-refractivity contribution in [1.29, 1.82) is 0 Å². The van der Waals surface area contributed by atoms with E-state index in [4.69, 9.17) is 0 Å². The molecule has 0 amide bonds. The first-order valence-electron chi connectivity index (χ1n) is 7.06. The van der Waals surface area contributed by atoms with Gasteiger partial charge in [0.1, 0.15) is 11.6 Å². The fourth-order valence-electron chi connectivity index (χ4n) is 2.56. The first-order chi connectivity index (χ1) is 10.2. The molecule has 1 aromatic carbocycles. The zero-order chi connectivity index (χ0) is 14.8. The van der Waals surface area contributed by atoms with E-state index in [1.807, 2.05) is 0 Å². The van der Waals surface area contributed by atoms with Crippen molar-refractivity contribution in [2.45, 2.75) is 49.2 Å². The molecule has 0 N–H and O–H groups in total. The van der Waals surface area contributed by atoms with Crippen LogP contribution in [0.2, 0.25) is 0 Å². The summed E-state index contributed by atoms with van der Waals surface area (Å²) >= 11 is 1.32. The van der Waals surface area contributed by atoms with Gasteiger partial charge in [-0.2, -0.15) is 0 Å². The van der Waals surface area contributed by atoms with Crippen LogP contribution in [0.4, 0.5) is 4.39 Å². The summed E-state index contributed by atoms with van der Waals surface area (Å²) in [5.41, 5.74) is 0.133. The number of hydrogen-bond acceptors (Lipinski definition) is 4. The maximum Gasteiger partial charge on any atom is 0.196 e. The molecule has 0 bridgehead atoms. The largest absolute Gasteiger partial charge is 0.306 e.